The molecule has 0 nitrogen and oxygen atoms in total. The van der Waals surface area contributed by atoms with E-state index in [4.69, 9.17) is 0 Å². The van der Waals surface area contributed by atoms with Crippen molar-refractivity contribution in [2.45, 2.75) is 20.8 Å². The average Bonchev–Trinajstić information content (AvgIpc) is 2.16. The molecule has 1 heteroatoms. The highest BCUT2D eigenvalue weighted by atomic mass is 127. The van der Waals surface area contributed by atoms with Gasteiger partial charge in [0, 0.05) is 3.57 Å². The van der Waals surface area contributed by atoms with Gasteiger partial charge in [-0.2, -0.15) is 0 Å². The van der Waals surface area contributed by atoms with Crippen molar-refractivity contribution in [2.24, 2.45) is 0 Å². The van der Waals surface area contributed by atoms with Crippen molar-refractivity contribution in [3.8, 4) is 0 Å². The molecule has 14 heavy (non-hydrogen) atoms. The molecule has 2 aromatic rings. The van der Waals surface area contributed by atoms with E-state index in [1.807, 2.05) is 0 Å². The van der Waals surface area contributed by atoms with Crippen molar-refractivity contribution >= 4 is 33.4 Å². The molecule has 0 saturated heterocycles. The molecule has 0 aliphatic heterocycles. The van der Waals surface area contributed by atoms with E-state index in [1.165, 1.54) is 31.0 Å². The van der Waals surface area contributed by atoms with Gasteiger partial charge in [0.1, 0.15) is 0 Å². The van der Waals surface area contributed by atoms with Gasteiger partial charge in [-0.1, -0.05) is 18.2 Å². The normalized spacial score (nSPS) is 10.9. The molecule has 0 aliphatic carbocycles. The topological polar surface area (TPSA) is 0 Å². The number of hydrogen-bond donors (Lipinski definition) is 0. The Bertz CT molecular complexity index is 409. The number of hydrogen-bond acceptors (Lipinski definition) is 0. The molecule has 2 rings (SSSR count). The molecule has 0 atom stereocenters. The lowest BCUT2D eigenvalue weighted by Crippen LogP contribution is -1.89. The molecular weight excluding hydrogens is 283 g/mol. The predicted octanol–water partition coefficient (Wildman–Crippen LogP) is 4.37. The fourth-order valence-corrected chi connectivity index (χ4v) is 2.87. The third kappa shape index (κ3) is 1.44. The molecule has 0 amide bonds. The van der Waals surface area contributed by atoms with Crippen molar-refractivity contribution < 1.29 is 0 Å². The first-order valence-electron chi connectivity index (χ1n) is 4.76. The van der Waals surface area contributed by atoms with Crippen molar-refractivity contribution in [1.29, 1.82) is 0 Å². The third-order valence-electron chi connectivity index (χ3n) is 2.73. The molecule has 72 valence electrons. The number of halogens is 1. The van der Waals surface area contributed by atoms with Gasteiger partial charge in [0.25, 0.3) is 0 Å². The maximum Gasteiger partial charge on any atom is 0.0211 e. The summed E-state index contributed by atoms with van der Waals surface area (Å²) in [5.41, 5.74) is 4.13. The van der Waals surface area contributed by atoms with Crippen molar-refractivity contribution in [3.63, 3.8) is 0 Å². The van der Waals surface area contributed by atoms with E-state index in [0.29, 0.717) is 0 Å². The first kappa shape index (κ1) is 9.97. The average molecular weight is 296 g/mol. The second-order valence-corrected chi connectivity index (χ2v) is 4.98. The molecule has 0 fully saturated rings. The number of fused-ring (bicyclic) bond motifs is 1. The summed E-state index contributed by atoms with van der Waals surface area (Å²) < 4.78 is 1.35. The molecule has 0 N–H and O–H groups in total. The lowest BCUT2D eigenvalue weighted by molar-refractivity contribution is 1.41. The van der Waals surface area contributed by atoms with Gasteiger partial charge in [0.05, 0.1) is 0 Å². The maximum absolute atomic E-state index is 2.42. The summed E-state index contributed by atoms with van der Waals surface area (Å²) in [6.07, 6.45) is 0. The molecule has 2 aromatic carbocycles. The second kappa shape index (κ2) is 3.54. The summed E-state index contributed by atoms with van der Waals surface area (Å²) in [7, 11) is 0. The number of rotatable bonds is 0. The van der Waals surface area contributed by atoms with Crippen LogP contribution in [0.4, 0.5) is 0 Å². The molecule has 0 saturated carbocycles. The lowest BCUT2D eigenvalue weighted by atomic mass is 9.97. The minimum atomic E-state index is 1.35. The Hall–Kier alpha value is -0.570. The highest BCUT2D eigenvalue weighted by Crippen LogP contribution is 2.29. The Labute approximate surface area is 98.5 Å². The first-order chi connectivity index (χ1) is 6.61. The van der Waals surface area contributed by atoms with E-state index < -0.39 is 0 Å². The van der Waals surface area contributed by atoms with Gasteiger partial charge in [-0.15, -0.1) is 0 Å². The predicted molar refractivity (Wildman–Crippen MR) is 70.9 cm³/mol. The van der Waals surface area contributed by atoms with E-state index in [-0.39, 0.29) is 0 Å². The van der Waals surface area contributed by atoms with Gasteiger partial charge in [-0.25, -0.2) is 0 Å². The summed E-state index contributed by atoms with van der Waals surface area (Å²) >= 11 is 2.42. The lowest BCUT2D eigenvalue weighted by Gasteiger charge is -2.10. The minimum Gasteiger partial charge on any atom is -0.0584 e. The van der Waals surface area contributed by atoms with Gasteiger partial charge in [-0.3, -0.25) is 0 Å². The zero-order valence-electron chi connectivity index (χ0n) is 8.69. The summed E-state index contributed by atoms with van der Waals surface area (Å²) in [6.45, 7) is 6.55. The van der Waals surface area contributed by atoms with Crippen LogP contribution in [-0.4, -0.2) is 0 Å². The third-order valence-corrected chi connectivity index (χ3v) is 3.63. The van der Waals surface area contributed by atoms with Crippen LogP contribution in [0.25, 0.3) is 10.8 Å². The Morgan fingerprint density at radius 1 is 0.714 bits per heavy atom. The van der Waals surface area contributed by atoms with E-state index in [0.717, 1.165) is 0 Å². The van der Waals surface area contributed by atoms with Crippen LogP contribution < -0.4 is 0 Å². The molecule has 0 unspecified atom stereocenters. The molecule has 0 aliphatic rings. The van der Waals surface area contributed by atoms with Crippen molar-refractivity contribution in [3.05, 3.63) is 44.5 Å². The second-order valence-electron chi connectivity index (χ2n) is 3.81. The quantitative estimate of drug-likeness (QED) is 0.633. The number of aryl methyl sites for hydroxylation is 3. The van der Waals surface area contributed by atoms with Crippen molar-refractivity contribution in [1.82, 2.24) is 0 Å². The Balaban J connectivity index is 3.05. The van der Waals surface area contributed by atoms with Gasteiger partial charge < -0.3 is 0 Å². The van der Waals surface area contributed by atoms with Crippen LogP contribution in [0.3, 0.4) is 0 Å². The molecule has 0 heterocycles. The molecule has 0 bridgehead atoms. The summed E-state index contributed by atoms with van der Waals surface area (Å²) in [5.74, 6) is 0. The zero-order valence-corrected chi connectivity index (χ0v) is 10.8. The SMILES string of the molecule is Cc1ccc(C)c2c(I)ccc(C)c12. The molecule has 0 spiro atoms. The molecular formula is C13H13I. The smallest absolute Gasteiger partial charge is 0.0211 e. The highest BCUT2D eigenvalue weighted by Gasteiger charge is 2.06. The Morgan fingerprint density at radius 2 is 1.14 bits per heavy atom. The first-order valence-corrected chi connectivity index (χ1v) is 5.84. The van der Waals surface area contributed by atoms with Crippen LogP contribution in [0, 0.1) is 24.3 Å². The van der Waals surface area contributed by atoms with Gasteiger partial charge in [0.15, 0.2) is 0 Å². The largest absolute Gasteiger partial charge is 0.0584 e. The molecule has 0 radical (unpaired) electrons. The Morgan fingerprint density at radius 3 is 1.64 bits per heavy atom. The van der Waals surface area contributed by atoms with Crippen molar-refractivity contribution in [2.75, 3.05) is 0 Å². The van der Waals surface area contributed by atoms with Crippen LogP contribution in [0.2, 0.25) is 0 Å². The van der Waals surface area contributed by atoms with Crippen LogP contribution in [0.5, 0.6) is 0 Å². The monoisotopic (exact) mass is 296 g/mol. The summed E-state index contributed by atoms with van der Waals surface area (Å²) in [6, 6.07) is 8.82. The molecule has 0 aromatic heterocycles. The fourth-order valence-electron chi connectivity index (χ4n) is 1.99. The maximum atomic E-state index is 2.42. The van der Waals surface area contributed by atoms with Crippen LogP contribution >= 0.6 is 22.6 Å². The minimum absolute atomic E-state index is 1.35. The van der Waals surface area contributed by atoms with E-state index in [1.54, 1.807) is 0 Å². The zero-order chi connectivity index (χ0) is 10.3. The van der Waals surface area contributed by atoms with E-state index >= 15 is 0 Å². The van der Waals surface area contributed by atoms with Gasteiger partial charge in [0.2, 0.25) is 0 Å². The van der Waals surface area contributed by atoms with Gasteiger partial charge in [-0.05, 0) is 76.9 Å². The van der Waals surface area contributed by atoms with Crippen LogP contribution in [-0.2, 0) is 0 Å². The van der Waals surface area contributed by atoms with Crippen LogP contribution in [0.15, 0.2) is 24.3 Å². The van der Waals surface area contributed by atoms with Gasteiger partial charge >= 0.3 is 0 Å². The highest BCUT2D eigenvalue weighted by molar-refractivity contribution is 14.1. The standard InChI is InChI=1S/C13H13I/c1-8-4-5-10(3)13-11(14)7-6-9(2)12(8)13/h4-7H,1-3H3. The number of benzene rings is 2. The van der Waals surface area contributed by atoms with E-state index in [2.05, 4.69) is 67.6 Å². The summed E-state index contributed by atoms with van der Waals surface area (Å²) in [5, 5.41) is 2.85. The van der Waals surface area contributed by atoms with E-state index in [9.17, 15) is 0 Å². The van der Waals surface area contributed by atoms with Crippen LogP contribution in [0.1, 0.15) is 16.7 Å². The summed E-state index contributed by atoms with van der Waals surface area (Å²) in [4.78, 5) is 0. The fraction of sp³-hybridized carbons (Fsp3) is 0.231. The Kier molecular flexibility index (Phi) is 2.52.